The molecule has 1 unspecified atom stereocenters. The molecule has 2 fully saturated rings. The van der Waals surface area contributed by atoms with Gasteiger partial charge in [0.2, 0.25) is 0 Å². The van der Waals surface area contributed by atoms with Crippen molar-refractivity contribution in [3.63, 3.8) is 0 Å². The lowest BCUT2D eigenvalue weighted by Gasteiger charge is -2.33. The van der Waals surface area contributed by atoms with Crippen LogP contribution in [-0.4, -0.2) is 41.8 Å². The fraction of sp³-hybridized carbons (Fsp3) is 0.625. The molecular formula is C16H22N2O2. The van der Waals surface area contributed by atoms with Crippen LogP contribution in [0.15, 0.2) is 18.2 Å². The molecule has 20 heavy (non-hydrogen) atoms. The first kappa shape index (κ1) is 12.5. The van der Waals surface area contributed by atoms with Gasteiger partial charge in [-0.2, -0.15) is 0 Å². The minimum absolute atomic E-state index is 0.280. The lowest BCUT2D eigenvalue weighted by Crippen LogP contribution is -2.44. The number of fused-ring (bicyclic) bond motifs is 1. The Bertz CT molecular complexity index is 493. The number of phenolic OH excluding ortho intramolecular Hbond substituents is 1. The fourth-order valence-corrected chi connectivity index (χ4v) is 3.49. The van der Waals surface area contributed by atoms with E-state index in [-0.39, 0.29) is 11.8 Å². The van der Waals surface area contributed by atoms with E-state index >= 15 is 0 Å². The zero-order valence-electron chi connectivity index (χ0n) is 11.7. The van der Waals surface area contributed by atoms with Crippen molar-refractivity contribution in [2.45, 2.75) is 43.8 Å². The summed E-state index contributed by atoms with van der Waals surface area (Å²) < 4.78 is 5.67. The van der Waals surface area contributed by atoms with E-state index in [1.165, 1.54) is 44.3 Å². The lowest BCUT2D eigenvalue weighted by atomic mass is 10.0. The molecule has 0 spiro atoms. The quantitative estimate of drug-likeness (QED) is 0.885. The Balaban J connectivity index is 1.37. The zero-order valence-corrected chi connectivity index (χ0v) is 11.7. The molecule has 2 heterocycles. The van der Waals surface area contributed by atoms with Crippen LogP contribution in [0.5, 0.6) is 11.5 Å². The molecule has 1 saturated carbocycles. The van der Waals surface area contributed by atoms with Crippen molar-refractivity contribution in [1.82, 2.24) is 10.2 Å². The van der Waals surface area contributed by atoms with E-state index in [0.29, 0.717) is 12.6 Å². The van der Waals surface area contributed by atoms with Gasteiger partial charge in [0.05, 0.1) is 6.04 Å². The second-order valence-corrected chi connectivity index (χ2v) is 6.29. The number of ether oxygens (including phenoxy) is 1. The molecule has 2 N–H and O–H groups in total. The van der Waals surface area contributed by atoms with Crippen LogP contribution in [-0.2, 0) is 0 Å². The normalized spacial score (nSPS) is 27.3. The molecule has 1 saturated heterocycles. The summed E-state index contributed by atoms with van der Waals surface area (Å²) in [5, 5.41) is 13.2. The van der Waals surface area contributed by atoms with Gasteiger partial charge in [-0.05, 0) is 50.9 Å². The van der Waals surface area contributed by atoms with Crippen LogP contribution < -0.4 is 10.1 Å². The first-order valence-corrected chi connectivity index (χ1v) is 7.75. The number of piperidine rings is 1. The maximum absolute atomic E-state index is 9.49. The van der Waals surface area contributed by atoms with E-state index in [4.69, 9.17) is 4.74 Å². The van der Waals surface area contributed by atoms with Crippen molar-refractivity contribution in [3.05, 3.63) is 23.8 Å². The van der Waals surface area contributed by atoms with Crippen molar-refractivity contribution in [2.24, 2.45) is 0 Å². The first-order chi connectivity index (χ1) is 9.79. The summed E-state index contributed by atoms with van der Waals surface area (Å²) in [6, 6.07) is 7.22. The number of rotatable bonds is 3. The predicted molar refractivity (Wildman–Crippen MR) is 77.1 cm³/mol. The minimum Gasteiger partial charge on any atom is -0.508 e. The molecule has 108 valence electrons. The van der Waals surface area contributed by atoms with Gasteiger partial charge in [0.1, 0.15) is 18.1 Å². The molecule has 0 aromatic heterocycles. The zero-order chi connectivity index (χ0) is 13.5. The summed E-state index contributed by atoms with van der Waals surface area (Å²) in [6.45, 7) is 3.15. The second kappa shape index (κ2) is 4.93. The van der Waals surface area contributed by atoms with Crippen LogP contribution in [0.3, 0.4) is 0 Å². The molecule has 1 aromatic carbocycles. The summed E-state index contributed by atoms with van der Waals surface area (Å²) in [5.74, 6) is 1.11. The molecular weight excluding hydrogens is 252 g/mol. The summed E-state index contributed by atoms with van der Waals surface area (Å²) in [6.07, 6.45) is 5.29. The molecule has 2 aliphatic heterocycles. The number of nitrogens with zero attached hydrogens (tertiary/aromatic N) is 1. The van der Waals surface area contributed by atoms with Crippen LogP contribution in [0.1, 0.15) is 37.3 Å². The van der Waals surface area contributed by atoms with E-state index < -0.39 is 0 Å². The summed E-state index contributed by atoms with van der Waals surface area (Å²) >= 11 is 0. The van der Waals surface area contributed by atoms with Crippen LogP contribution in [0, 0.1) is 0 Å². The number of aromatic hydroxyl groups is 1. The number of nitrogens with one attached hydrogen (secondary N) is 1. The average Bonchev–Trinajstić information content (AvgIpc) is 3.23. The highest BCUT2D eigenvalue weighted by Crippen LogP contribution is 2.36. The van der Waals surface area contributed by atoms with E-state index in [9.17, 15) is 5.11 Å². The molecule has 4 rings (SSSR count). The Morgan fingerprint density at radius 1 is 1.15 bits per heavy atom. The van der Waals surface area contributed by atoms with Crippen molar-refractivity contribution in [2.75, 3.05) is 19.7 Å². The summed E-state index contributed by atoms with van der Waals surface area (Å²) in [5.41, 5.74) is 1.19. The van der Waals surface area contributed by atoms with Gasteiger partial charge in [0.25, 0.3) is 0 Å². The number of hydrogen-bond acceptors (Lipinski definition) is 4. The lowest BCUT2D eigenvalue weighted by molar-refractivity contribution is 0.178. The predicted octanol–water partition coefficient (Wildman–Crippen LogP) is 2.04. The maximum atomic E-state index is 9.49. The largest absolute Gasteiger partial charge is 0.508 e. The van der Waals surface area contributed by atoms with Gasteiger partial charge < -0.3 is 20.1 Å². The molecule has 0 bridgehead atoms. The molecule has 4 nitrogen and oxygen atoms in total. The minimum atomic E-state index is 0.280. The molecule has 0 amide bonds. The van der Waals surface area contributed by atoms with Crippen LogP contribution >= 0.6 is 0 Å². The number of hydrogen-bond donors (Lipinski definition) is 2. The van der Waals surface area contributed by atoms with Gasteiger partial charge >= 0.3 is 0 Å². The fourth-order valence-electron chi connectivity index (χ4n) is 3.49. The van der Waals surface area contributed by atoms with Gasteiger partial charge in [0.15, 0.2) is 0 Å². The van der Waals surface area contributed by atoms with E-state index in [0.717, 1.165) is 11.8 Å². The maximum Gasteiger partial charge on any atom is 0.127 e. The van der Waals surface area contributed by atoms with Crippen molar-refractivity contribution in [3.8, 4) is 11.5 Å². The molecule has 1 aliphatic carbocycles. The van der Waals surface area contributed by atoms with Crippen molar-refractivity contribution in [1.29, 1.82) is 0 Å². The SMILES string of the molecule is Oc1ccc2c(c1)OCC2NC1CCN(C2CC2)CC1. The highest BCUT2D eigenvalue weighted by atomic mass is 16.5. The topological polar surface area (TPSA) is 44.7 Å². The molecule has 1 atom stereocenters. The molecule has 1 aromatic rings. The van der Waals surface area contributed by atoms with Crippen LogP contribution in [0.4, 0.5) is 0 Å². The van der Waals surface area contributed by atoms with E-state index in [1.54, 1.807) is 12.1 Å². The summed E-state index contributed by atoms with van der Waals surface area (Å²) in [7, 11) is 0. The van der Waals surface area contributed by atoms with E-state index in [1.807, 2.05) is 6.07 Å². The smallest absolute Gasteiger partial charge is 0.127 e. The van der Waals surface area contributed by atoms with E-state index in [2.05, 4.69) is 10.2 Å². The Morgan fingerprint density at radius 3 is 2.70 bits per heavy atom. The molecule has 0 radical (unpaired) electrons. The Labute approximate surface area is 119 Å². The number of phenols is 1. The summed E-state index contributed by atoms with van der Waals surface area (Å²) in [4.78, 5) is 2.65. The van der Waals surface area contributed by atoms with Gasteiger partial charge in [-0.25, -0.2) is 0 Å². The number of likely N-dealkylation sites (tertiary alicyclic amines) is 1. The second-order valence-electron chi connectivity index (χ2n) is 6.29. The Kier molecular flexibility index (Phi) is 3.08. The van der Waals surface area contributed by atoms with Crippen molar-refractivity contribution >= 4 is 0 Å². The average molecular weight is 274 g/mol. The third-order valence-corrected chi connectivity index (χ3v) is 4.81. The van der Waals surface area contributed by atoms with Gasteiger partial charge in [-0.1, -0.05) is 0 Å². The third kappa shape index (κ3) is 2.38. The van der Waals surface area contributed by atoms with Crippen LogP contribution in [0.2, 0.25) is 0 Å². The van der Waals surface area contributed by atoms with Gasteiger partial charge in [0, 0.05) is 23.7 Å². The molecule has 4 heteroatoms. The Morgan fingerprint density at radius 2 is 1.95 bits per heavy atom. The Hall–Kier alpha value is -1.26. The van der Waals surface area contributed by atoms with Crippen molar-refractivity contribution < 1.29 is 9.84 Å². The highest BCUT2D eigenvalue weighted by Gasteiger charge is 2.33. The number of benzene rings is 1. The monoisotopic (exact) mass is 274 g/mol. The standard InChI is InChI=1S/C16H22N2O2/c19-13-3-4-14-15(10-20-16(14)9-13)17-11-5-7-18(8-6-11)12-1-2-12/h3-4,9,11-12,15,17,19H,1-2,5-8,10H2. The first-order valence-electron chi connectivity index (χ1n) is 7.75. The molecule has 3 aliphatic rings. The highest BCUT2D eigenvalue weighted by molar-refractivity contribution is 5.44. The third-order valence-electron chi connectivity index (χ3n) is 4.81. The van der Waals surface area contributed by atoms with Gasteiger partial charge in [-0.3, -0.25) is 0 Å². The van der Waals surface area contributed by atoms with Gasteiger partial charge in [-0.15, -0.1) is 0 Å². The van der Waals surface area contributed by atoms with Crippen LogP contribution in [0.25, 0.3) is 0 Å².